The number of rotatable bonds is 4. The maximum absolute atomic E-state index is 14.5. The third-order valence-corrected chi connectivity index (χ3v) is 5.06. The summed E-state index contributed by atoms with van der Waals surface area (Å²) in [5.41, 5.74) is 1.000. The first-order valence-corrected chi connectivity index (χ1v) is 9.45. The summed E-state index contributed by atoms with van der Waals surface area (Å²) in [5, 5.41) is 13.0. The molecule has 1 fully saturated rings. The van der Waals surface area contributed by atoms with Crippen LogP contribution in [0.25, 0.3) is 0 Å². The number of halogens is 1. The minimum Gasteiger partial charge on any atom is -0.448 e. The van der Waals surface area contributed by atoms with Gasteiger partial charge in [0.15, 0.2) is 11.6 Å². The van der Waals surface area contributed by atoms with Gasteiger partial charge in [0.2, 0.25) is 5.76 Å². The molecule has 1 aliphatic carbocycles. The summed E-state index contributed by atoms with van der Waals surface area (Å²) in [4.78, 5) is 18.7. The second-order valence-corrected chi connectivity index (χ2v) is 7.06. The Hall–Kier alpha value is -2.93. The first-order valence-electron chi connectivity index (χ1n) is 9.45. The highest BCUT2D eigenvalue weighted by Gasteiger charge is 2.30. The van der Waals surface area contributed by atoms with E-state index in [1.54, 1.807) is 23.2 Å². The fraction of sp³-hybridized carbons (Fsp3) is 0.333. The Kier molecular flexibility index (Phi) is 5.25. The first-order chi connectivity index (χ1) is 13.6. The van der Waals surface area contributed by atoms with Crippen LogP contribution >= 0.6 is 0 Å². The van der Waals surface area contributed by atoms with E-state index < -0.39 is 17.8 Å². The molecule has 146 valence electrons. The van der Waals surface area contributed by atoms with Gasteiger partial charge in [-0.3, -0.25) is 9.78 Å². The van der Waals surface area contributed by atoms with Gasteiger partial charge in [0.05, 0.1) is 30.6 Å². The van der Waals surface area contributed by atoms with Crippen LogP contribution in [0.4, 0.5) is 10.1 Å². The van der Waals surface area contributed by atoms with Crippen LogP contribution in [0.1, 0.15) is 31.4 Å². The van der Waals surface area contributed by atoms with Crippen molar-refractivity contribution >= 4 is 11.6 Å². The van der Waals surface area contributed by atoms with E-state index in [9.17, 15) is 14.3 Å². The molecule has 6 nitrogen and oxygen atoms in total. The third-order valence-electron chi connectivity index (χ3n) is 5.06. The van der Waals surface area contributed by atoms with Crippen LogP contribution in [0.5, 0.6) is 5.75 Å². The van der Waals surface area contributed by atoms with Crippen LogP contribution in [-0.2, 0) is 11.3 Å². The lowest BCUT2D eigenvalue weighted by molar-refractivity contribution is -0.121. The summed E-state index contributed by atoms with van der Waals surface area (Å²) >= 11 is 0. The van der Waals surface area contributed by atoms with Gasteiger partial charge in [0, 0.05) is 6.20 Å². The molecule has 2 aromatic rings. The topological polar surface area (TPSA) is 74.7 Å². The van der Waals surface area contributed by atoms with Gasteiger partial charge < -0.3 is 20.1 Å². The van der Waals surface area contributed by atoms with Crippen molar-refractivity contribution in [3.63, 3.8) is 0 Å². The minimum absolute atomic E-state index is 0.0619. The van der Waals surface area contributed by atoms with Gasteiger partial charge in [-0.05, 0) is 37.1 Å². The van der Waals surface area contributed by atoms with Gasteiger partial charge in [-0.2, -0.15) is 0 Å². The summed E-state index contributed by atoms with van der Waals surface area (Å²) in [6.07, 6.45) is 5.91. The molecule has 1 aromatic carbocycles. The van der Waals surface area contributed by atoms with E-state index in [0.29, 0.717) is 13.0 Å². The maximum Gasteiger partial charge on any atom is 0.288 e. The van der Waals surface area contributed by atoms with Crippen LogP contribution in [0.2, 0.25) is 0 Å². The van der Waals surface area contributed by atoms with Crippen molar-refractivity contribution in [2.24, 2.45) is 0 Å². The molecule has 1 aliphatic heterocycles. The Morgan fingerprint density at radius 1 is 1.25 bits per heavy atom. The van der Waals surface area contributed by atoms with Gasteiger partial charge in [0.1, 0.15) is 5.69 Å². The van der Waals surface area contributed by atoms with Gasteiger partial charge in [-0.25, -0.2) is 4.39 Å². The highest BCUT2D eigenvalue weighted by atomic mass is 19.1. The smallest absolute Gasteiger partial charge is 0.288 e. The van der Waals surface area contributed by atoms with Crippen molar-refractivity contribution in [1.82, 2.24) is 10.3 Å². The van der Waals surface area contributed by atoms with E-state index in [1.807, 2.05) is 18.2 Å². The monoisotopic (exact) mass is 383 g/mol. The predicted molar refractivity (Wildman–Crippen MR) is 102 cm³/mol. The number of pyridine rings is 1. The summed E-state index contributed by atoms with van der Waals surface area (Å²) in [5.74, 6) is -0.529. The van der Waals surface area contributed by atoms with Crippen molar-refractivity contribution in [2.45, 2.75) is 44.4 Å². The van der Waals surface area contributed by atoms with Gasteiger partial charge in [0.25, 0.3) is 5.91 Å². The molecule has 0 unspecified atom stereocenters. The molecule has 0 bridgehead atoms. The molecule has 7 heteroatoms. The maximum atomic E-state index is 14.5. The molecule has 0 spiro atoms. The highest BCUT2D eigenvalue weighted by molar-refractivity contribution is 5.93. The number of carbonyl (C=O) groups is 1. The number of benzene rings is 1. The zero-order chi connectivity index (χ0) is 19.5. The van der Waals surface area contributed by atoms with Crippen molar-refractivity contribution in [2.75, 3.05) is 4.90 Å². The Morgan fingerprint density at radius 2 is 2.11 bits per heavy atom. The molecule has 2 aliphatic rings. The number of hydrogen-bond donors (Lipinski definition) is 2. The number of ether oxygens (including phenoxy) is 1. The Bertz CT molecular complexity index is 888. The van der Waals surface area contributed by atoms with Crippen LogP contribution in [0.3, 0.4) is 0 Å². The number of anilines is 1. The zero-order valence-corrected chi connectivity index (χ0v) is 15.3. The van der Waals surface area contributed by atoms with E-state index in [4.69, 9.17) is 4.74 Å². The zero-order valence-electron chi connectivity index (χ0n) is 15.3. The van der Waals surface area contributed by atoms with Crippen LogP contribution < -0.4 is 15.0 Å². The van der Waals surface area contributed by atoms with Gasteiger partial charge in [-0.15, -0.1) is 0 Å². The number of carbonyl (C=O) groups excluding carboxylic acids is 1. The lowest BCUT2D eigenvalue weighted by Gasteiger charge is -2.31. The molecule has 1 aromatic heterocycles. The molecule has 4 rings (SSSR count). The normalized spacial score (nSPS) is 21.4. The van der Waals surface area contributed by atoms with Crippen molar-refractivity contribution in [3.05, 3.63) is 66.1 Å². The van der Waals surface area contributed by atoms with Crippen LogP contribution in [0.15, 0.2) is 54.6 Å². The summed E-state index contributed by atoms with van der Waals surface area (Å²) in [6.45, 7) is 0.293. The number of aromatic nitrogens is 1. The molecular formula is C21H22FN3O3. The molecule has 2 N–H and O–H groups in total. The number of amides is 1. The number of aliphatic hydroxyl groups excluding tert-OH is 1. The van der Waals surface area contributed by atoms with E-state index >= 15 is 0 Å². The second-order valence-electron chi connectivity index (χ2n) is 7.06. The first kappa shape index (κ1) is 18.4. The number of nitrogens with zero attached hydrogens (tertiary/aromatic N) is 2. The molecule has 28 heavy (non-hydrogen) atoms. The Morgan fingerprint density at radius 3 is 2.89 bits per heavy atom. The molecule has 0 radical (unpaired) electrons. The quantitative estimate of drug-likeness (QED) is 0.849. The Labute approximate surface area is 162 Å². The molecule has 0 saturated heterocycles. The lowest BCUT2D eigenvalue weighted by Crippen LogP contribution is -2.46. The molecule has 1 saturated carbocycles. The van der Waals surface area contributed by atoms with Crippen LogP contribution in [0, 0.1) is 5.82 Å². The van der Waals surface area contributed by atoms with Crippen LogP contribution in [-0.4, -0.2) is 28.1 Å². The molecule has 2 atom stereocenters. The average molecular weight is 383 g/mol. The van der Waals surface area contributed by atoms with Crippen molar-refractivity contribution < 1.29 is 19.0 Å². The summed E-state index contributed by atoms with van der Waals surface area (Å²) < 4.78 is 20.2. The summed E-state index contributed by atoms with van der Waals surface area (Å²) in [7, 11) is 0. The van der Waals surface area contributed by atoms with Crippen molar-refractivity contribution in [3.8, 4) is 5.75 Å². The predicted octanol–water partition coefficient (Wildman–Crippen LogP) is 2.88. The van der Waals surface area contributed by atoms with Gasteiger partial charge in [-0.1, -0.05) is 25.0 Å². The van der Waals surface area contributed by atoms with Gasteiger partial charge >= 0.3 is 0 Å². The Balaban J connectivity index is 1.60. The number of fused-ring (bicyclic) bond motifs is 1. The fourth-order valence-electron chi connectivity index (χ4n) is 3.62. The number of aliphatic hydroxyl groups is 1. The second kappa shape index (κ2) is 7.98. The highest BCUT2D eigenvalue weighted by Crippen LogP contribution is 2.37. The molecule has 1 amide bonds. The summed E-state index contributed by atoms with van der Waals surface area (Å²) in [6, 6.07) is 9.71. The van der Waals surface area contributed by atoms with Crippen molar-refractivity contribution in [1.29, 1.82) is 0 Å². The number of para-hydroxylation sites is 1. The van der Waals surface area contributed by atoms with E-state index in [1.165, 1.54) is 12.3 Å². The molecular weight excluding hydrogens is 361 g/mol. The van der Waals surface area contributed by atoms with E-state index in [2.05, 4.69) is 10.3 Å². The minimum atomic E-state index is -0.559. The number of hydrogen-bond acceptors (Lipinski definition) is 5. The largest absolute Gasteiger partial charge is 0.448 e. The fourth-order valence-corrected chi connectivity index (χ4v) is 3.62. The van der Waals surface area contributed by atoms with E-state index in [-0.39, 0.29) is 23.2 Å². The average Bonchev–Trinajstić information content (AvgIpc) is 2.70. The third kappa shape index (κ3) is 3.84. The standard InChI is InChI=1S/C21H22FN3O3/c22-15-7-5-10-18-20(15)25(12-14-6-3-4-11-23-14)13-19(28-18)21(27)24-16-8-1-2-9-17(16)26/h3-7,10-11,13,16-17,26H,1-2,8-9,12H2,(H,24,27)/t16-,17-/m0/s1. The lowest BCUT2D eigenvalue weighted by atomic mass is 9.92. The molecule has 2 heterocycles. The number of nitrogens with one attached hydrogen (secondary N) is 1. The SMILES string of the molecule is O=C(N[C@H]1CCCC[C@@H]1O)C1=CN(Cc2ccccn2)c2c(F)cccc2O1. The van der Waals surface area contributed by atoms with E-state index in [0.717, 1.165) is 25.0 Å².